The van der Waals surface area contributed by atoms with Gasteiger partial charge in [0.1, 0.15) is 17.6 Å². The number of carbonyl (C=O) groups is 3. The van der Waals surface area contributed by atoms with Gasteiger partial charge in [-0.1, -0.05) is 12.1 Å². The van der Waals surface area contributed by atoms with Crippen LogP contribution in [-0.4, -0.2) is 71.3 Å². The van der Waals surface area contributed by atoms with Gasteiger partial charge in [0.2, 0.25) is 0 Å². The predicted molar refractivity (Wildman–Crippen MR) is 133 cm³/mol. The molecule has 0 saturated carbocycles. The quantitative estimate of drug-likeness (QED) is 0.673. The molecule has 1 aromatic heterocycles. The first-order valence-electron chi connectivity index (χ1n) is 12.6. The summed E-state index contributed by atoms with van der Waals surface area (Å²) in [5, 5.41) is 11.2. The van der Waals surface area contributed by atoms with Gasteiger partial charge in [-0.3, -0.25) is 19.4 Å². The summed E-state index contributed by atoms with van der Waals surface area (Å²) in [6.07, 6.45) is 4.72. The molecule has 3 aliphatic heterocycles. The Morgan fingerprint density at radius 1 is 1.19 bits per heavy atom. The zero-order chi connectivity index (χ0) is 25.9. The fraction of sp³-hybridized carbons (Fsp3) is 0.407. The van der Waals surface area contributed by atoms with Gasteiger partial charge < -0.3 is 15.1 Å². The molecule has 2 aromatic rings. The number of hydrogen-bond acceptors (Lipinski definition) is 6. The van der Waals surface area contributed by atoms with Crippen molar-refractivity contribution < 1.29 is 18.8 Å². The molecule has 0 bridgehead atoms. The minimum absolute atomic E-state index is 0.00150. The summed E-state index contributed by atoms with van der Waals surface area (Å²) in [4.78, 5) is 45.5. The van der Waals surface area contributed by atoms with E-state index in [1.807, 2.05) is 0 Å². The highest BCUT2D eigenvalue weighted by atomic mass is 19.1. The van der Waals surface area contributed by atoms with Crippen LogP contribution < -0.4 is 5.32 Å². The van der Waals surface area contributed by atoms with E-state index in [4.69, 9.17) is 0 Å². The van der Waals surface area contributed by atoms with Crippen molar-refractivity contribution in [1.29, 1.82) is 0 Å². The lowest BCUT2D eigenvalue weighted by atomic mass is 9.93. The number of carbonyl (C=O) groups excluding carboxylic acids is 3. The van der Waals surface area contributed by atoms with Crippen LogP contribution in [0.2, 0.25) is 0 Å². The lowest BCUT2D eigenvalue weighted by molar-refractivity contribution is -0.115. The Hall–Kier alpha value is -3.95. The number of halogens is 1. The SMILES string of the molecule is CN(C(=O)c1cc(CC2N=NC(=O)C3=C2NCCC3)ccc1F)C1CCN(C(=O)c2ccccn2)CC1. The van der Waals surface area contributed by atoms with Crippen molar-refractivity contribution in [3.8, 4) is 0 Å². The van der Waals surface area contributed by atoms with Crippen molar-refractivity contribution in [1.82, 2.24) is 20.1 Å². The highest BCUT2D eigenvalue weighted by Gasteiger charge is 2.31. The summed E-state index contributed by atoms with van der Waals surface area (Å²) in [5.41, 5.74) is 2.59. The predicted octanol–water partition coefficient (Wildman–Crippen LogP) is 3.14. The van der Waals surface area contributed by atoms with Crippen LogP contribution in [0.3, 0.4) is 0 Å². The molecule has 37 heavy (non-hydrogen) atoms. The van der Waals surface area contributed by atoms with Gasteiger partial charge in [0, 0.05) is 56.6 Å². The smallest absolute Gasteiger partial charge is 0.292 e. The van der Waals surface area contributed by atoms with Gasteiger partial charge in [-0.2, -0.15) is 5.11 Å². The van der Waals surface area contributed by atoms with E-state index in [0.29, 0.717) is 50.0 Å². The minimum atomic E-state index is -0.584. The molecule has 1 fully saturated rings. The van der Waals surface area contributed by atoms with Crippen LogP contribution in [0.4, 0.5) is 4.39 Å². The number of amides is 3. The van der Waals surface area contributed by atoms with Gasteiger partial charge >= 0.3 is 0 Å². The molecule has 0 radical (unpaired) electrons. The molecule has 1 atom stereocenters. The Kier molecular flexibility index (Phi) is 7.07. The summed E-state index contributed by atoms with van der Waals surface area (Å²) < 4.78 is 14.8. The molecule has 1 N–H and O–H groups in total. The van der Waals surface area contributed by atoms with Crippen molar-refractivity contribution in [3.63, 3.8) is 0 Å². The van der Waals surface area contributed by atoms with E-state index in [0.717, 1.165) is 24.2 Å². The fourth-order valence-electron chi connectivity index (χ4n) is 5.20. The lowest BCUT2D eigenvalue weighted by Crippen LogP contribution is -2.47. The first-order chi connectivity index (χ1) is 17.9. The summed E-state index contributed by atoms with van der Waals surface area (Å²) in [6, 6.07) is 9.28. The standard InChI is InChI=1S/C27H29FN6O3/c1-33(18-9-13-34(14-10-18)27(37)22-6-2-3-11-29-22)26(36)20-15-17(7-8-21(20)28)16-23-24-19(5-4-12-30-24)25(35)32-31-23/h2-3,6-8,11,15,18,23,30H,4-5,9-10,12-14,16H2,1H3. The fourth-order valence-corrected chi connectivity index (χ4v) is 5.20. The van der Waals surface area contributed by atoms with Gasteiger partial charge in [0.05, 0.1) is 5.56 Å². The Balaban J connectivity index is 1.25. The second-order valence-corrected chi connectivity index (χ2v) is 9.63. The Bertz CT molecular complexity index is 1270. The minimum Gasteiger partial charge on any atom is -0.386 e. The number of piperidine rings is 1. The largest absolute Gasteiger partial charge is 0.386 e. The van der Waals surface area contributed by atoms with Crippen LogP contribution in [0.25, 0.3) is 0 Å². The maximum atomic E-state index is 14.8. The normalized spacial score (nSPS) is 19.9. The Morgan fingerprint density at radius 2 is 2.00 bits per heavy atom. The third-order valence-corrected chi connectivity index (χ3v) is 7.32. The molecule has 3 amide bonds. The van der Waals surface area contributed by atoms with Crippen molar-refractivity contribution in [3.05, 3.63) is 76.5 Å². The van der Waals surface area contributed by atoms with E-state index in [1.54, 1.807) is 53.4 Å². The first kappa shape index (κ1) is 24.7. The average Bonchev–Trinajstić information content (AvgIpc) is 2.95. The first-order valence-corrected chi connectivity index (χ1v) is 12.6. The molecule has 0 spiro atoms. The molecule has 1 unspecified atom stereocenters. The third kappa shape index (κ3) is 5.14. The topological polar surface area (TPSA) is 107 Å². The van der Waals surface area contributed by atoms with Crippen LogP contribution in [-0.2, 0) is 11.2 Å². The number of hydrogen-bond donors (Lipinski definition) is 1. The van der Waals surface area contributed by atoms with Crippen LogP contribution in [0.1, 0.15) is 52.1 Å². The van der Waals surface area contributed by atoms with E-state index < -0.39 is 11.7 Å². The van der Waals surface area contributed by atoms with E-state index in [-0.39, 0.29) is 29.5 Å². The second-order valence-electron chi connectivity index (χ2n) is 9.63. The number of benzene rings is 1. The van der Waals surface area contributed by atoms with Crippen LogP contribution in [0.15, 0.2) is 64.1 Å². The molecule has 10 heteroatoms. The van der Waals surface area contributed by atoms with Gasteiger partial charge in [0.25, 0.3) is 17.7 Å². The van der Waals surface area contributed by atoms with E-state index in [2.05, 4.69) is 20.5 Å². The van der Waals surface area contributed by atoms with Gasteiger partial charge in [-0.05, 0) is 55.5 Å². The number of likely N-dealkylation sites (tertiary alicyclic amines) is 1. The number of azo groups is 1. The second kappa shape index (κ2) is 10.6. The molecule has 5 rings (SSSR count). The number of rotatable bonds is 5. The van der Waals surface area contributed by atoms with Gasteiger partial charge in [0.15, 0.2) is 0 Å². The van der Waals surface area contributed by atoms with Crippen LogP contribution in [0.5, 0.6) is 0 Å². The molecular formula is C27H29FN6O3. The van der Waals surface area contributed by atoms with Gasteiger partial charge in [-0.25, -0.2) is 4.39 Å². The molecule has 0 aliphatic carbocycles. The molecular weight excluding hydrogens is 475 g/mol. The molecule has 4 heterocycles. The monoisotopic (exact) mass is 504 g/mol. The number of nitrogens with one attached hydrogen (secondary N) is 1. The van der Waals surface area contributed by atoms with E-state index in [1.165, 1.54) is 6.07 Å². The molecule has 192 valence electrons. The average molecular weight is 505 g/mol. The highest BCUT2D eigenvalue weighted by Crippen LogP contribution is 2.27. The Labute approximate surface area is 214 Å². The van der Waals surface area contributed by atoms with Crippen molar-refractivity contribution in [2.45, 2.75) is 44.2 Å². The highest BCUT2D eigenvalue weighted by molar-refractivity contribution is 5.96. The molecule has 9 nitrogen and oxygen atoms in total. The molecule has 1 aromatic carbocycles. The molecule has 1 saturated heterocycles. The van der Waals surface area contributed by atoms with E-state index in [9.17, 15) is 18.8 Å². The van der Waals surface area contributed by atoms with E-state index >= 15 is 0 Å². The number of pyridine rings is 1. The van der Waals surface area contributed by atoms with Crippen LogP contribution in [0, 0.1) is 5.82 Å². The van der Waals surface area contributed by atoms with Crippen LogP contribution >= 0.6 is 0 Å². The van der Waals surface area contributed by atoms with Crippen molar-refractivity contribution in [2.24, 2.45) is 10.2 Å². The summed E-state index contributed by atoms with van der Waals surface area (Å²) in [5.74, 6) is -1.41. The van der Waals surface area contributed by atoms with Crippen molar-refractivity contribution in [2.75, 3.05) is 26.7 Å². The molecule has 3 aliphatic rings. The zero-order valence-corrected chi connectivity index (χ0v) is 20.7. The third-order valence-electron chi connectivity index (χ3n) is 7.32. The summed E-state index contributed by atoms with van der Waals surface area (Å²) in [6.45, 7) is 1.76. The zero-order valence-electron chi connectivity index (χ0n) is 20.7. The Morgan fingerprint density at radius 3 is 2.76 bits per heavy atom. The maximum Gasteiger partial charge on any atom is 0.292 e. The summed E-state index contributed by atoms with van der Waals surface area (Å²) >= 11 is 0. The lowest BCUT2D eigenvalue weighted by Gasteiger charge is -2.36. The van der Waals surface area contributed by atoms with Crippen molar-refractivity contribution >= 4 is 17.7 Å². The summed E-state index contributed by atoms with van der Waals surface area (Å²) in [7, 11) is 1.68. The number of aromatic nitrogens is 1. The maximum absolute atomic E-state index is 14.8. The van der Waals surface area contributed by atoms with Gasteiger partial charge in [-0.15, -0.1) is 5.11 Å². The number of nitrogens with zero attached hydrogens (tertiary/aromatic N) is 5.